The van der Waals surface area contributed by atoms with E-state index in [4.69, 9.17) is 23.2 Å². The van der Waals surface area contributed by atoms with Crippen molar-refractivity contribution in [1.82, 2.24) is 10.2 Å². The van der Waals surface area contributed by atoms with Crippen molar-refractivity contribution in [2.75, 3.05) is 20.1 Å². The molecule has 20 heavy (non-hydrogen) atoms. The minimum absolute atomic E-state index is 0. The third-order valence-corrected chi connectivity index (χ3v) is 4.02. The molecule has 0 atom stereocenters. The molecule has 1 amide bonds. The van der Waals surface area contributed by atoms with E-state index in [1.807, 2.05) is 0 Å². The maximum absolute atomic E-state index is 13.5. The Morgan fingerprint density at radius 3 is 2.50 bits per heavy atom. The summed E-state index contributed by atoms with van der Waals surface area (Å²) in [6.07, 6.45) is 1.77. The van der Waals surface area contributed by atoms with Crippen molar-refractivity contribution in [3.8, 4) is 0 Å². The van der Waals surface area contributed by atoms with Crippen LogP contribution >= 0.6 is 35.6 Å². The lowest BCUT2D eigenvalue weighted by atomic mass is 10.0. The van der Waals surface area contributed by atoms with Crippen LogP contribution in [0.2, 0.25) is 10.0 Å². The fraction of sp³-hybridized carbons (Fsp3) is 0.462. The number of carbonyl (C=O) groups is 1. The lowest BCUT2D eigenvalue weighted by Gasteiger charge is -2.31. The van der Waals surface area contributed by atoms with Gasteiger partial charge < -0.3 is 10.2 Å². The molecule has 2 rings (SSSR count). The smallest absolute Gasteiger partial charge is 0.255 e. The molecule has 0 saturated carbocycles. The molecule has 0 radical (unpaired) electrons. The number of piperidine rings is 1. The minimum Gasteiger partial charge on any atom is -0.339 e. The van der Waals surface area contributed by atoms with Gasteiger partial charge in [0.2, 0.25) is 0 Å². The van der Waals surface area contributed by atoms with Gasteiger partial charge in [-0.2, -0.15) is 0 Å². The molecule has 1 saturated heterocycles. The number of halogens is 4. The third kappa shape index (κ3) is 3.76. The van der Waals surface area contributed by atoms with Crippen LogP contribution in [0.1, 0.15) is 23.2 Å². The number of hydrogen-bond donors (Lipinski definition) is 1. The predicted molar refractivity (Wildman–Crippen MR) is 81.7 cm³/mol. The van der Waals surface area contributed by atoms with Gasteiger partial charge in [0.05, 0.1) is 15.6 Å². The van der Waals surface area contributed by atoms with Crippen LogP contribution in [0.4, 0.5) is 4.39 Å². The summed E-state index contributed by atoms with van der Waals surface area (Å²) < 4.78 is 13.5. The van der Waals surface area contributed by atoms with Crippen molar-refractivity contribution < 1.29 is 9.18 Å². The van der Waals surface area contributed by atoms with Crippen molar-refractivity contribution in [3.63, 3.8) is 0 Å². The van der Waals surface area contributed by atoms with Gasteiger partial charge in [-0.25, -0.2) is 4.39 Å². The third-order valence-electron chi connectivity index (χ3n) is 3.42. The average molecular weight is 342 g/mol. The molecule has 1 aliphatic heterocycles. The van der Waals surface area contributed by atoms with Crippen molar-refractivity contribution in [2.45, 2.75) is 18.9 Å². The normalized spacial score (nSPS) is 15.6. The fourth-order valence-corrected chi connectivity index (χ4v) is 2.70. The van der Waals surface area contributed by atoms with Crippen LogP contribution in [0.5, 0.6) is 0 Å². The summed E-state index contributed by atoms with van der Waals surface area (Å²) in [6, 6.07) is 2.52. The Balaban J connectivity index is 0.00000200. The molecule has 0 unspecified atom stereocenters. The Labute approximate surface area is 133 Å². The van der Waals surface area contributed by atoms with Gasteiger partial charge in [-0.15, -0.1) is 12.4 Å². The zero-order chi connectivity index (χ0) is 14.0. The Hall–Kier alpha value is -0.550. The molecule has 0 aromatic heterocycles. The van der Waals surface area contributed by atoms with E-state index in [-0.39, 0.29) is 40.0 Å². The van der Waals surface area contributed by atoms with E-state index >= 15 is 0 Å². The summed E-state index contributed by atoms with van der Waals surface area (Å²) in [5.74, 6) is -0.902. The van der Waals surface area contributed by atoms with E-state index in [1.54, 1.807) is 11.9 Å². The standard InChI is InChI=1S/C13H15Cl2FN2O.ClH/c1-18(8-2-4-17-5-3-8)13(19)9-6-12(16)11(15)7-10(9)14;/h6-8,17H,2-5H2,1H3;1H. The summed E-state index contributed by atoms with van der Waals surface area (Å²) in [5.41, 5.74) is 0.157. The van der Waals surface area contributed by atoms with Gasteiger partial charge in [0.25, 0.3) is 5.91 Å². The maximum Gasteiger partial charge on any atom is 0.255 e. The number of carbonyl (C=O) groups excluding carboxylic acids is 1. The second-order valence-electron chi connectivity index (χ2n) is 4.64. The van der Waals surface area contributed by atoms with Crippen LogP contribution in [-0.2, 0) is 0 Å². The summed E-state index contributed by atoms with van der Waals surface area (Å²) in [7, 11) is 1.72. The Bertz CT molecular complexity index is 493. The number of amides is 1. The van der Waals surface area contributed by atoms with Crippen LogP contribution in [0, 0.1) is 5.82 Å². The van der Waals surface area contributed by atoms with Gasteiger partial charge in [0.1, 0.15) is 5.82 Å². The van der Waals surface area contributed by atoms with Crippen LogP contribution < -0.4 is 5.32 Å². The van der Waals surface area contributed by atoms with E-state index in [9.17, 15) is 9.18 Å². The number of nitrogens with zero attached hydrogens (tertiary/aromatic N) is 1. The van der Waals surface area contributed by atoms with E-state index in [0.29, 0.717) is 0 Å². The van der Waals surface area contributed by atoms with Crippen LogP contribution in [-0.4, -0.2) is 37.0 Å². The molecule has 1 fully saturated rings. The van der Waals surface area contributed by atoms with E-state index in [1.165, 1.54) is 6.07 Å². The molecule has 0 spiro atoms. The maximum atomic E-state index is 13.5. The molecule has 1 aromatic rings. The van der Waals surface area contributed by atoms with E-state index < -0.39 is 5.82 Å². The first-order chi connectivity index (χ1) is 9.00. The molecule has 7 heteroatoms. The molecule has 1 aromatic carbocycles. The molecular weight excluding hydrogens is 326 g/mol. The largest absolute Gasteiger partial charge is 0.339 e. The highest BCUT2D eigenvalue weighted by molar-refractivity contribution is 6.36. The fourth-order valence-electron chi connectivity index (χ4n) is 2.24. The molecule has 0 bridgehead atoms. The Morgan fingerprint density at radius 1 is 1.30 bits per heavy atom. The van der Waals surface area contributed by atoms with Gasteiger partial charge in [0, 0.05) is 13.1 Å². The first-order valence-electron chi connectivity index (χ1n) is 6.13. The molecular formula is C13H16Cl3FN2O. The molecule has 1 N–H and O–H groups in total. The minimum atomic E-state index is -0.631. The lowest BCUT2D eigenvalue weighted by Crippen LogP contribution is -2.44. The van der Waals surface area contributed by atoms with Gasteiger partial charge in [-0.05, 0) is 38.1 Å². The first-order valence-corrected chi connectivity index (χ1v) is 6.88. The number of nitrogens with one attached hydrogen (secondary N) is 1. The van der Waals surface area contributed by atoms with E-state index in [0.717, 1.165) is 32.0 Å². The number of hydrogen-bond acceptors (Lipinski definition) is 2. The Morgan fingerprint density at radius 2 is 1.90 bits per heavy atom. The molecule has 1 aliphatic rings. The lowest BCUT2D eigenvalue weighted by molar-refractivity contribution is 0.0703. The second kappa shape index (κ2) is 7.46. The zero-order valence-electron chi connectivity index (χ0n) is 11.0. The first kappa shape index (κ1) is 17.5. The average Bonchev–Trinajstić information content (AvgIpc) is 2.42. The van der Waals surface area contributed by atoms with Gasteiger partial charge in [-0.1, -0.05) is 23.2 Å². The van der Waals surface area contributed by atoms with Crippen molar-refractivity contribution in [1.29, 1.82) is 0 Å². The monoisotopic (exact) mass is 340 g/mol. The quantitative estimate of drug-likeness (QED) is 0.836. The zero-order valence-corrected chi connectivity index (χ0v) is 13.3. The number of rotatable bonds is 2. The van der Waals surface area contributed by atoms with Gasteiger partial charge >= 0.3 is 0 Å². The molecule has 0 aliphatic carbocycles. The highest BCUT2D eigenvalue weighted by Crippen LogP contribution is 2.26. The highest BCUT2D eigenvalue weighted by atomic mass is 35.5. The highest BCUT2D eigenvalue weighted by Gasteiger charge is 2.25. The predicted octanol–water partition coefficient (Wildman–Crippen LogP) is 3.38. The summed E-state index contributed by atoms with van der Waals surface area (Å²) in [4.78, 5) is 14.0. The summed E-state index contributed by atoms with van der Waals surface area (Å²) in [6.45, 7) is 1.76. The van der Waals surface area contributed by atoms with Crippen molar-refractivity contribution >= 4 is 41.5 Å². The Kier molecular flexibility index (Phi) is 6.52. The topological polar surface area (TPSA) is 32.3 Å². The summed E-state index contributed by atoms with van der Waals surface area (Å²) >= 11 is 11.6. The summed E-state index contributed by atoms with van der Waals surface area (Å²) in [5, 5.41) is 3.34. The van der Waals surface area contributed by atoms with Gasteiger partial charge in [0.15, 0.2) is 0 Å². The SMILES string of the molecule is CN(C(=O)c1cc(F)c(Cl)cc1Cl)C1CCNCC1.Cl. The van der Waals surface area contributed by atoms with Crippen LogP contribution in [0.25, 0.3) is 0 Å². The molecule has 1 heterocycles. The molecule has 3 nitrogen and oxygen atoms in total. The van der Waals surface area contributed by atoms with Crippen LogP contribution in [0.15, 0.2) is 12.1 Å². The van der Waals surface area contributed by atoms with Gasteiger partial charge in [-0.3, -0.25) is 4.79 Å². The second-order valence-corrected chi connectivity index (χ2v) is 5.46. The van der Waals surface area contributed by atoms with Crippen LogP contribution in [0.3, 0.4) is 0 Å². The number of benzene rings is 1. The van der Waals surface area contributed by atoms with Crippen molar-refractivity contribution in [3.05, 3.63) is 33.6 Å². The molecule has 112 valence electrons. The van der Waals surface area contributed by atoms with E-state index in [2.05, 4.69) is 5.32 Å². The van der Waals surface area contributed by atoms with Crippen molar-refractivity contribution in [2.24, 2.45) is 0 Å².